The maximum atomic E-state index is 13.6. The van der Waals surface area contributed by atoms with Crippen molar-refractivity contribution in [2.45, 2.75) is 6.92 Å². The number of hydrogen-bond acceptors (Lipinski definition) is 0. The zero-order valence-corrected chi connectivity index (χ0v) is 11.9. The Balaban J connectivity index is 1.96. The average molecular weight is 298 g/mol. The van der Waals surface area contributed by atoms with Gasteiger partial charge in [-0.1, -0.05) is 36.4 Å². The van der Waals surface area contributed by atoms with Crippen LogP contribution in [0.4, 0.5) is 13.2 Å². The lowest BCUT2D eigenvalue weighted by atomic mass is 9.99. The maximum absolute atomic E-state index is 13.6. The SMILES string of the molecule is Cc1c(F)cc(-c2ccc(-c3ccc(F)cc3)cc2)cc1F. The van der Waals surface area contributed by atoms with Gasteiger partial charge in [0.05, 0.1) is 0 Å². The molecule has 0 atom stereocenters. The molecule has 0 saturated carbocycles. The highest BCUT2D eigenvalue weighted by atomic mass is 19.1. The zero-order chi connectivity index (χ0) is 15.7. The van der Waals surface area contributed by atoms with E-state index in [1.54, 1.807) is 24.3 Å². The third kappa shape index (κ3) is 2.75. The number of benzene rings is 3. The van der Waals surface area contributed by atoms with Gasteiger partial charge in [0, 0.05) is 5.56 Å². The van der Waals surface area contributed by atoms with Gasteiger partial charge in [-0.05, 0) is 53.4 Å². The zero-order valence-electron chi connectivity index (χ0n) is 11.9. The van der Waals surface area contributed by atoms with Crippen molar-refractivity contribution in [3.63, 3.8) is 0 Å². The summed E-state index contributed by atoms with van der Waals surface area (Å²) >= 11 is 0. The molecule has 0 aliphatic heterocycles. The van der Waals surface area contributed by atoms with Crippen molar-refractivity contribution in [3.05, 3.63) is 83.7 Å². The van der Waals surface area contributed by atoms with Crippen LogP contribution >= 0.6 is 0 Å². The molecule has 0 amide bonds. The van der Waals surface area contributed by atoms with Crippen LogP contribution in [0.25, 0.3) is 22.3 Å². The highest BCUT2D eigenvalue weighted by molar-refractivity contribution is 5.70. The van der Waals surface area contributed by atoms with Gasteiger partial charge in [-0.15, -0.1) is 0 Å². The molecule has 0 bridgehead atoms. The van der Waals surface area contributed by atoms with E-state index in [9.17, 15) is 13.2 Å². The van der Waals surface area contributed by atoms with Gasteiger partial charge in [-0.3, -0.25) is 0 Å². The maximum Gasteiger partial charge on any atom is 0.129 e. The molecule has 3 rings (SSSR count). The molecule has 0 nitrogen and oxygen atoms in total. The Bertz CT molecular complexity index is 780. The smallest absolute Gasteiger partial charge is 0.129 e. The molecule has 0 N–H and O–H groups in total. The van der Waals surface area contributed by atoms with Crippen LogP contribution in [0.1, 0.15) is 5.56 Å². The molecule has 3 aromatic rings. The van der Waals surface area contributed by atoms with E-state index in [0.717, 1.165) is 16.7 Å². The monoisotopic (exact) mass is 298 g/mol. The van der Waals surface area contributed by atoms with Crippen LogP contribution in [0, 0.1) is 24.4 Å². The summed E-state index contributed by atoms with van der Waals surface area (Å²) in [5.41, 5.74) is 3.03. The van der Waals surface area contributed by atoms with Crippen LogP contribution in [0.3, 0.4) is 0 Å². The standard InChI is InChI=1S/C19H13F3/c1-12-18(21)10-16(11-19(12)22)15-4-2-13(3-5-15)14-6-8-17(20)9-7-14/h2-11H,1H3. The average Bonchev–Trinajstić information content (AvgIpc) is 2.53. The first kappa shape index (κ1) is 14.4. The second-order valence-electron chi connectivity index (χ2n) is 5.15. The highest BCUT2D eigenvalue weighted by Gasteiger charge is 2.08. The quantitative estimate of drug-likeness (QED) is 0.565. The number of rotatable bonds is 2. The van der Waals surface area contributed by atoms with E-state index in [4.69, 9.17) is 0 Å². The van der Waals surface area contributed by atoms with Gasteiger partial charge < -0.3 is 0 Å². The van der Waals surface area contributed by atoms with Crippen LogP contribution in [0.5, 0.6) is 0 Å². The fraction of sp³-hybridized carbons (Fsp3) is 0.0526. The van der Waals surface area contributed by atoms with Crippen LogP contribution in [0.2, 0.25) is 0 Å². The molecule has 0 fully saturated rings. The molecule has 3 heteroatoms. The predicted molar refractivity (Wildman–Crippen MR) is 81.9 cm³/mol. The van der Waals surface area contributed by atoms with E-state index in [0.29, 0.717) is 5.56 Å². The second kappa shape index (κ2) is 5.68. The van der Waals surface area contributed by atoms with Crippen molar-refractivity contribution in [1.29, 1.82) is 0 Å². The summed E-state index contributed by atoms with van der Waals surface area (Å²) in [5.74, 6) is -1.40. The van der Waals surface area contributed by atoms with Gasteiger partial charge in [-0.25, -0.2) is 13.2 Å². The number of hydrogen-bond donors (Lipinski definition) is 0. The Morgan fingerprint density at radius 1 is 0.545 bits per heavy atom. The van der Waals surface area contributed by atoms with Gasteiger partial charge in [0.25, 0.3) is 0 Å². The van der Waals surface area contributed by atoms with Gasteiger partial charge >= 0.3 is 0 Å². The molecular weight excluding hydrogens is 285 g/mol. The largest absolute Gasteiger partial charge is 0.207 e. The van der Waals surface area contributed by atoms with Crippen molar-refractivity contribution in [3.8, 4) is 22.3 Å². The molecule has 110 valence electrons. The predicted octanol–water partition coefficient (Wildman–Crippen LogP) is 5.75. The summed E-state index contributed by atoms with van der Waals surface area (Å²) in [5, 5.41) is 0. The Labute approximate surface area is 126 Å². The number of halogens is 3. The van der Waals surface area contributed by atoms with Gasteiger partial charge in [0.15, 0.2) is 0 Å². The first-order chi connectivity index (χ1) is 10.5. The minimum Gasteiger partial charge on any atom is -0.207 e. The van der Waals surface area contributed by atoms with Gasteiger partial charge in [0.2, 0.25) is 0 Å². The minimum atomic E-state index is -0.558. The lowest BCUT2D eigenvalue weighted by molar-refractivity contribution is 0.569. The third-order valence-electron chi connectivity index (χ3n) is 3.68. The lowest BCUT2D eigenvalue weighted by Gasteiger charge is -2.07. The van der Waals surface area contributed by atoms with E-state index < -0.39 is 11.6 Å². The molecule has 0 aromatic heterocycles. The van der Waals surface area contributed by atoms with Crippen LogP contribution in [-0.4, -0.2) is 0 Å². The molecule has 0 unspecified atom stereocenters. The summed E-state index contributed by atoms with van der Waals surface area (Å²) in [4.78, 5) is 0. The van der Waals surface area contributed by atoms with E-state index >= 15 is 0 Å². The van der Waals surface area contributed by atoms with Crippen molar-refractivity contribution in [2.75, 3.05) is 0 Å². The van der Waals surface area contributed by atoms with E-state index in [1.807, 2.05) is 12.1 Å². The Morgan fingerprint density at radius 3 is 1.36 bits per heavy atom. The summed E-state index contributed by atoms with van der Waals surface area (Å²) in [6, 6.07) is 16.1. The summed E-state index contributed by atoms with van der Waals surface area (Å²) in [6.07, 6.45) is 0. The molecule has 0 aliphatic carbocycles. The normalized spacial score (nSPS) is 10.7. The third-order valence-corrected chi connectivity index (χ3v) is 3.68. The fourth-order valence-corrected chi connectivity index (χ4v) is 2.31. The van der Waals surface area contributed by atoms with Crippen LogP contribution in [0.15, 0.2) is 60.7 Å². The Morgan fingerprint density at radius 2 is 0.909 bits per heavy atom. The Kier molecular flexibility index (Phi) is 3.72. The molecule has 0 radical (unpaired) electrons. The molecule has 0 aliphatic rings. The van der Waals surface area contributed by atoms with Gasteiger partial charge in [0.1, 0.15) is 17.5 Å². The molecular formula is C19H13F3. The highest BCUT2D eigenvalue weighted by Crippen LogP contribution is 2.27. The minimum absolute atomic E-state index is 0.0201. The molecule has 3 aromatic carbocycles. The van der Waals surface area contributed by atoms with Crippen molar-refractivity contribution >= 4 is 0 Å². The first-order valence-electron chi connectivity index (χ1n) is 6.86. The molecule has 0 spiro atoms. The summed E-state index contributed by atoms with van der Waals surface area (Å²) < 4.78 is 40.2. The van der Waals surface area contributed by atoms with Gasteiger partial charge in [-0.2, -0.15) is 0 Å². The molecule has 0 saturated heterocycles. The lowest BCUT2D eigenvalue weighted by Crippen LogP contribution is -1.90. The molecule has 22 heavy (non-hydrogen) atoms. The van der Waals surface area contributed by atoms with Crippen molar-refractivity contribution in [2.24, 2.45) is 0 Å². The second-order valence-corrected chi connectivity index (χ2v) is 5.15. The topological polar surface area (TPSA) is 0 Å². The Hall–Kier alpha value is -2.55. The summed E-state index contributed by atoms with van der Waals surface area (Å²) in [7, 11) is 0. The van der Waals surface area contributed by atoms with E-state index in [1.165, 1.54) is 31.2 Å². The van der Waals surface area contributed by atoms with E-state index in [-0.39, 0.29) is 11.4 Å². The van der Waals surface area contributed by atoms with E-state index in [2.05, 4.69) is 0 Å². The first-order valence-corrected chi connectivity index (χ1v) is 6.86. The van der Waals surface area contributed by atoms with Crippen LogP contribution < -0.4 is 0 Å². The summed E-state index contributed by atoms with van der Waals surface area (Å²) in [6.45, 7) is 1.41. The fourth-order valence-electron chi connectivity index (χ4n) is 2.31. The van der Waals surface area contributed by atoms with Crippen LogP contribution in [-0.2, 0) is 0 Å². The molecule has 0 heterocycles. The van der Waals surface area contributed by atoms with Crippen molar-refractivity contribution < 1.29 is 13.2 Å². The van der Waals surface area contributed by atoms with Crippen molar-refractivity contribution in [1.82, 2.24) is 0 Å².